The first kappa shape index (κ1) is 17.5. The minimum Gasteiger partial charge on any atom is -0.464 e. The van der Waals surface area contributed by atoms with Crippen LogP contribution in [0.2, 0.25) is 0 Å². The molecule has 0 saturated carbocycles. The van der Waals surface area contributed by atoms with Crippen molar-refractivity contribution in [1.82, 2.24) is 4.90 Å². The normalized spacial score (nSPS) is 24.9. The number of carbonyl (C=O) groups excluding carboxylic acids is 2. The summed E-state index contributed by atoms with van der Waals surface area (Å²) in [6.45, 7) is 12.3. The lowest BCUT2D eigenvalue weighted by atomic mass is 9.89. The zero-order chi connectivity index (χ0) is 16.0. The van der Waals surface area contributed by atoms with Crippen LogP contribution in [0.1, 0.15) is 47.0 Å². The van der Waals surface area contributed by atoms with E-state index in [1.165, 1.54) is 5.57 Å². The van der Waals surface area contributed by atoms with Gasteiger partial charge in [-0.25, -0.2) is 4.79 Å². The fraction of sp³-hybridized carbons (Fsp3) is 0.647. The highest BCUT2D eigenvalue weighted by Crippen LogP contribution is 2.38. The molecule has 4 nitrogen and oxygen atoms in total. The van der Waals surface area contributed by atoms with E-state index in [4.69, 9.17) is 4.74 Å². The Balaban J connectivity index is 3.05. The molecule has 1 heterocycles. The van der Waals surface area contributed by atoms with Gasteiger partial charge in [-0.1, -0.05) is 24.6 Å². The van der Waals surface area contributed by atoms with E-state index in [0.717, 1.165) is 6.42 Å². The molecule has 1 fully saturated rings. The number of rotatable bonds is 7. The Labute approximate surface area is 127 Å². The summed E-state index contributed by atoms with van der Waals surface area (Å²) >= 11 is 0. The topological polar surface area (TPSA) is 46.6 Å². The molecule has 2 atom stereocenters. The third-order valence-corrected chi connectivity index (χ3v) is 3.89. The van der Waals surface area contributed by atoms with Gasteiger partial charge in [-0.2, -0.15) is 0 Å². The van der Waals surface area contributed by atoms with Gasteiger partial charge in [-0.05, 0) is 40.0 Å². The Morgan fingerprint density at radius 2 is 2.19 bits per heavy atom. The van der Waals surface area contributed by atoms with Crippen LogP contribution in [0.4, 0.5) is 0 Å². The van der Waals surface area contributed by atoms with Gasteiger partial charge in [0, 0.05) is 12.5 Å². The van der Waals surface area contributed by atoms with E-state index in [2.05, 4.69) is 12.7 Å². The number of nitrogens with zero attached hydrogens (tertiary/aromatic N) is 1. The lowest BCUT2D eigenvalue weighted by Gasteiger charge is -2.35. The predicted molar refractivity (Wildman–Crippen MR) is 83.7 cm³/mol. The van der Waals surface area contributed by atoms with Gasteiger partial charge in [-0.3, -0.25) is 4.79 Å². The van der Waals surface area contributed by atoms with Gasteiger partial charge in [0.25, 0.3) is 0 Å². The van der Waals surface area contributed by atoms with Crippen LogP contribution in [-0.4, -0.2) is 35.5 Å². The summed E-state index contributed by atoms with van der Waals surface area (Å²) in [5.74, 6) is -0.423. The number of hydrogen-bond donors (Lipinski definition) is 0. The molecule has 0 aromatic carbocycles. The number of allylic oxidation sites excluding steroid dienone is 1. The van der Waals surface area contributed by atoms with Crippen LogP contribution in [0.25, 0.3) is 0 Å². The Bertz CT molecular complexity index is 437. The maximum Gasteiger partial charge on any atom is 0.332 e. The van der Waals surface area contributed by atoms with Crippen LogP contribution in [0, 0.1) is 5.92 Å². The monoisotopic (exact) mass is 293 g/mol. The summed E-state index contributed by atoms with van der Waals surface area (Å²) < 4.78 is 5.24. The summed E-state index contributed by atoms with van der Waals surface area (Å²) in [5, 5.41) is 0. The summed E-state index contributed by atoms with van der Waals surface area (Å²) in [6, 6.07) is 0. The fourth-order valence-electron chi connectivity index (χ4n) is 2.96. The molecule has 1 aliphatic heterocycles. The molecule has 1 saturated heterocycles. The first-order valence-electron chi connectivity index (χ1n) is 7.62. The first-order chi connectivity index (χ1) is 9.89. The van der Waals surface area contributed by atoms with Crippen LogP contribution in [0.15, 0.2) is 24.3 Å². The molecule has 0 aromatic rings. The molecule has 0 spiro atoms. The maximum absolute atomic E-state index is 12.5. The summed E-state index contributed by atoms with van der Waals surface area (Å²) in [4.78, 5) is 26.6. The second-order valence-corrected chi connectivity index (χ2v) is 5.91. The van der Waals surface area contributed by atoms with Gasteiger partial charge in [0.1, 0.15) is 5.54 Å². The number of amides is 1. The summed E-state index contributed by atoms with van der Waals surface area (Å²) in [6.07, 6.45) is 5.48. The van der Waals surface area contributed by atoms with E-state index in [0.29, 0.717) is 26.0 Å². The average Bonchev–Trinajstić information content (AvgIpc) is 2.64. The fourth-order valence-corrected chi connectivity index (χ4v) is 2.96. The molecule has 0 N–H and O–H groups in total. The SMILES string of the molecule is C=CC[C@@]1(C(=O)OCC)CC(C)C(=O)N1CCC=C(C)C. The highest BCUT2D eigenvalue weighted by Gasteiger charge is 2.54. The van der Waals surface area contributed by atoms with E-state index in [1.807, 2.05) is 20.8 Å². The van der Waals surface area contributed by atoms with Gasteiger partial charge < -0.3 is 9.64 Å². The predicted octanol–water partition coefficient (Wildman–Crippen LogP) is 3.09. The lowest BCUT2D eigenvalue weighted by molar-refractivity contribution is -0.159. The van der Waals surface area contributed by atoms with Crippen molar-refractivity contribution in [2.75, 3.05) is 13.2 Å². The molecule has 0 aromatic heterocycles. The van der Waals surface area contributed by atoms with Crippen LogP contribution in [0.5, 0.6) is 0 Å². The third kappa shape index (κ3) is 3.74. The van der Waals surface area contributed by atoms with Crippen molar-refractivity contribution in [2.45, 2.75) is 52.5 Å². The summed E-state index contributed by atoms with van der Waals surface area (Å²) in [5.41, 5.74) is 0.337. The van der Waals surface area contributed by atoms with Crippen LogP contribution < -0.4 is 0 Å². The van der Waals surface area contributed by atoms with Crippen molar-refractivity contribution in [1.29, 1.82) is 0 Å². The smallest absolute Gasteiger partial charge is 0.332 e. The molecule has 4 heteroatoms. The minimum atomic E-state index is -0.871. The molecular formula is C17H27NO3. The number of likely N-dealkylation sites (tertiary alicyclic amines) is 1. The average molecular weight is 293 g/mol. The second kappa shape index (κ2) is 7.43. The molecule has 0 radical (unpaired) electrons. The Kier molecular flexibility index (Phi) is 6.19. The maximum atomic E-state index is 12.5. The Morgan fingerprint density at radius 3 is 2.71 bits per heavy atom. The lowest BCUT2D eigenvalue weighted by Crippen LogP contribution is -2.52. The van der Waals surface area contributed by atoms with E-state index in [-0.39, 0.29) is 17.8 Å². The van der Waals surface area contributed by atoms with Crippen molar-refractivity contribution in [3.05, 3.63) is 24.3 Å². The van der Waals surface area contributed by atoms with Gasteiger partial charge in [-0.15, -0.1) is 6.58 Å². The first-order valence-corrected chi connectivity index (χ1v) is 7.62. The number of hydrogen-bond acceptors (Lipinski definition) is 3. The molecule has 21 heavy (non-hydrogen) atoms. The van der Waals surface area contributed by atoms with Crippen LogP contribution in [0.3, 0.4) is 0 Å². The second-order valence-electron chi connectivity index (χ2n) is 5.91. The van der Waals surface area contributed by atoms with Crippen molar-refractivity contribution in [3.63, 3.8) is 0 Å². The van der Waals surface area contributed by atoms with E-state index in [9.17, 15) is 9.59 Å². The molecule has 1 rings (SSSR count). The van der Waals surface area contributed by atoms with Gasteiger partial charge in [0.05, 0.1) is 6.61 Å². The molecular weight excluding hydrogens is 266 g/mol. The standard InChI is InChI=1S/C17H27NO3/c1-6-10-17(16(20)21-7-2)12-14(5)15(19)18(17)11-8-9-13(3)4/h6,9,14H,1,7-8,10-12H2,2-5H3/t14?,17-/m0/s1. The highest BCUT2D eigenvalue weighted by molar-refractivity contribution is 5.93. The summed E-state index contributed by atoms with van der Waals surface area (Å²) in [7, 11) is 0. The number of ether oxygens (including phenoxy) is 1. The minimum absolute atomic E-state index is 0.0343. The van der Waals surface area contributed by atoms with Gasteiger partial charge in [0.15, 0.2) is 0 Å². The third-order valence-electron chi connectivity index (χ3n) is 3.89. The van der Waals surface area contributed by atoms with Crippen molar-refractivity contribution in [3.8, 4) is 0 Å². The van der Waals surface area contributed by atoms with Gasteiger partial charge in [0.2, 0.25) is 5.91 Å². The van der Waals surface area contributed by atoms with Crippen molar-refractivity contribution in [2.24, 2.45) is 5.92 Å². The number of esters is 1. The molecule has 118 valence electrons. The zero-order valence-corrected chi connectivity index (χ0v) is 13.6. The largest absolute Gasteiger partial charge is 0.464 e. The van der Waals surface area contributed by atoms with Crippen molar-refractivity contribution < 1.29 is 14.3 Å². The molecule has 0 bridgehead atoms. The van der Waals surface area contributed by atoms with E-state index in [1.54, 1.807) is 17.9 Å². The number of carbonyl (C=O) groups is 2. The zero-order valence-electron chi connectivity index (χ0n) is 13.6. The van der Waals surface area contributed by atoms with Crippen LogP contribution in [-0.2, 0) is 14.3 Å². The van der Waals surface area contributed by atoms with Crippen molar-refractivity contribution >= 4 is 11.9 Å². The van der Waals surface area contributed by atoms with E-state index < -0.39 is 5.54 Å². The van der Waals surface area contributed by atoms with Gasteiger partial charge >= 0.3 is 5.97 Å². The molecule has 1 aliphatic rings. The molecule has 0 aliphatic carbocycles. The quantitative estimate of drug-likeness (QED) is 0.535. The van der Waals surface area contributed by atoms with E-state index >= 15 is 0 Å². The molecule has 1 amide bonds. The van der Waals surface area contributed by atoms with Crippen LogP contribution >= 0.6 is 0 Å². The molecule has 1 unspecified atom stereocenters. The Hall–Kier alpha value is -1.58. The Morgan fingerprint density at radius 1 is 1.52 bits per heavy atom. The highest BCUT2D eigenvalue weighted by atomic mass is 16.5.